The average molecular weight is 370 g/mol. The first kappa shape index (κ1) is 21.3. The van der Waals surface area contributed by atoms with Gasteiger partial charge in [-0.3, -0.25) is 4.79 Å². The summed E-state index contributed by atoms with van der Waals surface area (Å²) in [5.74, 6) is -13.5. The minimum absolute atomic E-state index is 0.152. The topological polar surface area (TPSA) is 44.8 Å². The van der Waals surface area contributed by atoms with Crippen LogP contribution in [-0.4, -0.2) is 32.4 Å². The van der Waals surface area contributed by atoms with Crippen molar-refractivity contribution in [2.24, 2.45) is 5.92 Å². The first-order chi connectivity index (χ1) is 11.8. The van der Waals surface area contributed by atoms with E-state index < -0.39 is 47.2 Å². The zero-order valence-corrected chi connectivity index (χ0v) is 13.8. The summed E-state index contributed by atoms with van der Waals surface area (Å²) in [5.41, 5.74) is 0. The summed E-state index contributed by atoms with van der Waals surface area (Å²) < 4.78 is 80.1. The molecule has 0 bridgehead atoms. The van der Waals surface area contributed by atoms with E-state index in [-0.39, 0.29) is 13.2 Å². The number of hydrogen-bond donors (Lipinski definition) is 0. The summed E-state index contributed by atoms with van der Waals surface area (Å²) in [5, 5.41) is 0. The van der Waals surface area contributed by atoms with Crippen LogP contribution in [0.5, 0.6) is 5.75 Å². The standard InChI is InChI=1S/C16H19F5O4/c1-3-9(2)8-24-7-6-23-5-4-10(22)25-16-14(20)12(18)11(17)13(19)15(16)21/h9H,3-8H2,1-2H3. The van der Waals surface area contributed by atoms with Gasteiger partial charge in [0, 0.05) is 6.61 Å². The third kappa shape index (κ3) is 6.24. The summed E-state index contributed by atoms with van der Waals surface area (Å²) in [7, 11) is 0. The van der Waals surface area contributed by atoms with Gasteiger partial charge in [0.15, 0.2) is 0 Å². The van der Waals surface area contributed by atoms with Gasteiger partial charge in [-0.15, -0.1) is 0 Å². The first-order valence-corrected chi connectivity index (χ1v) is 7.67. The molecule has 0 N–H and O–H groups in total. The van der Waals surface area contributed by atoms with Crippen molar-refractivity contribution in [2.45, 2.75) is 26.7 Å². The number of esters is 1. The Kier molecular flexibility index (Phi) is 8.77. The molecule has 0 aliphatic rings. The summed E-state index contributed by atoms with van der Waals surface area (Å²) >= 11 is 0. The predicted octanol–water partition coefficient (Wildman–Crippen LogP) is 3.76. The summed E-state index contributed by atoms with van der Waals surface area (Å²) in [6.45, 7) is 4.96. The monoisotopic (exact) mass is 370 g/mol. The molecule has 0 radical (unpaired) electrons. The third-order valence-electron chi connectivity index (χ3n) is 3.31. The second-order valence-corrected chi connectivity index (χ2v) is 5.32. The van der Waals surface area contributed by atoms with E-state index in [4.69, 9.17) is 9.47 Å². The maximum absolute atomic E-state index is 13.3. The summed E-state index contributed by atoms with van der Waals surface area (Å²) in [4.78, 5) is 11.4. The Labute approximate surface area is 141 Å². The Balaban J connectivity index is 2.39. The molecular formula is C16H19F5O4. The fourth-order valence-electron chi connectivity index (χ4n) is 1.62. The van der Waals surface area contributed by atoms with E-state index in [1.54, 1.807) is 0 Å². The minimum atomic E-state index is -2.32. The minimum Gasteiger partial charge on any atom is -0.420 e. The number of carbonyl (C=O) groups excluding carboxylic acids is 1. The van der Waals surface area contributed by atoms with Crippen LogP contribution in [0.15, 0.2) is 0 Å². The molecule has 9 heteroatoms. The molecule has 0 aromatic heterocycles. The number of hydrogen-bond acceptors (Lipinski definition) is 4. The van der Waals surface area contributed by atoms with Crippen LogP contribution in [0.25, 0.3) is 0 Å². The molecule has 142 valence electrons. The van der Waals surface area contributed by atoms with E-state index in [9.17, 15) is 26.7 Å². The van der Waals surface area contributed by atoms with E-state index >= 15 is 0 Å². The second-order valence-electron chi connectivity index (χ2n) is 5.32. The van der Waals surface area contributed by atoms with E-state index in [1.807, 2.05) is 13.8 Å². The van der Waals surface area contributed by atoms with Gasteiger partial charge in [-0.05, 0) is 5.92 Å². The zero-order chi connectivity index (χ0) is 19.0. The number of carbonyl (C=O) groups is 1. The molecule has 1 rings (SSSR count). The predicted molar refractivity (Wildman–Crippen MR) is 77.6 cm³/mol. The molecule has 0 spiro atoms. The van der Waals surface area contributed by atoms with Crippen LogP contribution in [0.4, 0.5) is 22.0 Å². The highest BCUT2D eigenvalue weighted by atomic mass is 19.2. The van der Waals surface area contributed by atoms with Crippen molar-refractivity contribution in [1.82, 2.24) is 0 Å². The van der Waals surface area contributed by atoms with Crippen molar-refractivity contribution in [3.63, 3.8) is 0 Å². The molecule has 0 aliphatic carbocycles. The quantitative estimate of drug-likeness (QED) is 0.157. The van der Waals surface area contributed by atoms with Crippen molar-refractivity contribution >= 4 is 5.97 Å². The summed E-state index contributed by atoms with van der Waals surface area (Å²) in [6.07, 6.45) is 0.551. The van der Waals surface area contributed by atoms with Crippen molar-refractivity contribution < 1.29 is 41.0 Å². The van der Waals surface area contributed by atoms with Crippen LogP contribution >= 0.6 is 0 Å². The second kappa shape index (κ2) is 10.3. The normalized spacial score (nSPS) is 12.3. The molecule has 1 aromatic carbocycles. The maximum atomic E-state index is 13.3. The molecule has 25 heavy (non-hydrogen) atoms. The number of rotatable bonds is 10. The van der Waals surface area contributed by atoms with Crippen molar-refractivity contribution in [3.05, 3.63) is 29.1 Å². The van der Waals surface area contributed by atoms with Crippen LogP contribution in [0, 0.1) is 35.0 Å². The Bertz CT molecular complexity index is 565. The van der Waals surface area contributed by atoms with Gasteiger partial charge >= 0.3 is 5.97 Å². The lowest BCUT2D eigenvalue weighted by atomic mass is 10.1. The number of benzene rings is 1. The SMILES string of the molecule is CCC(C)COCCOCCC(=O)Oc1c(F)c(F)c(F)c(F)c1F. The third-order valence-corrected chi connectivity index (χ3v) is 3.31. The van der Waals surface area contributed by atoms with Gasteiger partial charge in [-0.1, -0.05) is 20.3 Å². The van der Waals surface area contributed by atoms with E-state index in [1.165, 1.54) is 0 Å². The number of ether oxygens (including phenoxy) is 3. The van der Waals surface area contributed by atoms with Crippen molar-refractivity contribution in [3.8, 4) is 5.75 Å². The fourth-order valence-corrected chi connectivity index (χ4v) is 1.62. The van der Waals surface area contributed by atoms with Gasteiger partial charge in [0.1, 0.15) is 0 Å². The molecule has 0 heterocycles. The van der Waals surface area contributed by atoms with Crippen LogP contribution in [0.3, 0.4) is 0 Å². The Morgan fingerprint density at radius 1 is 0.880 bits per heavy atom. The van der Waals surface area contributed by atoms with Gasteiger partial charge < -0.3 is 14.2 Å². The van der Waals surface area contributed by atoms with Crippen molar-refractivity contribution in [1.29, 1.82) is 0 Å². The zero-order valence-electron chi connectivity index (χ0n) is 13.8. The first-order valence-electron chi connectivity index (χ1n) is 7.67. The van der Waals surface area contributed by atoms with E-state index in [0.29, 0.717) is 19.1 Å². The molecular weight excluding hydrogens is 351 g/mol. The smallest absolute Gasteiger partial charge is 0.313 e. The molecule has 1 aromatic rings. The average Bonchev–Trinajstić information content (AvgIpc) is 2.60. The Morgan fingerprint density at radius 3 is 1.96 bits per heavy atom. The largest absolute Gasteiger partial charge is 0.420 e. The lowest BCUT2D eigenvalue weighted by Gasteiger charge is -2.10. The fraction of sp³-hybridized carbons (Fsp3) is 0.562. The Morgan fingerprint density at radius 2 is 1.40 bits per heavy atom. The molecule has 1 unspecified atom stereocenters. The molecule has 1 atom stereocenters. The van der Waals surface area contributed by atoms with Crippen LogP contribution < -0.4 is 4.74 Å². The lowest BCUT2D eigenvalue weighted by molar-refractivity contribution is -0.136. The molecule has 0 amide bonds. The number of halogens is 5. The van der Waals surface area contributed by atoms with E-state index in [0.717, 1.165) is 6.42 Å². The highest BCUT2D eigenvalue weighted by Crippen LogP contribution is 2.29. The van der Waals surface area contributed by atoms with Gasteiger partial charge in [0.25, 0.3) is 0 Å². The molecule has 0 saturated carbocycles. The van der Waals surface area contributed by atoms with Gasteiger partial charge in [0.2, 0.25) is 34.8 Å². The maximum Gasteiger partial charge on any atom is 0.313 e. The molecule has 4 nitrogen and oxygen atoms in total. The molecule has 0 aliphatic heterocycles. The van der Waals surface area contributed by atoms with Crippen LogP contribution in [0.1, 0.15) is 26.7 Å². The van der Waals surface area contributed by atoms with Gasteiger partial charge in [0.05, 0.1) is 26.2 Å². The lowest BCUT2D eigenvalue weighted by Crippen LogP contribution is -2.16. The highest BCUT2D eigenvalue weighted by molar-refractivity contribution is 5.72. The van der Waals surface area contributed by atoms with Crippen molar-refractivity contribution in [2.75, 3.05) is 26.4 Å². The van der Waals surface area contributed by atoms with Gasteiger partial charge in [-0.25, -0.2) is 13.2 Å². The van der Waals surface area contributed by atoms with Crippen LogP contribution in [-0.2, 0) is 14.3 Å². The van der Waals surface area contributed by atoms with Gasteiger partial charge in [-0.2, -0.15) is 8.78 Å². The van der Waals surface area contributed by atoms with Crippen LogP contribution in [0.2, 0.25) is 0 Å². The highest BCUT2D eigenvalue weighted by Gasteiger charge is 2.28. The summed E-state index contributed by atoms with van der Waals surface area (Å²) in [6, 6.07) is 0. The van der Waals surface area contributed by atoms with E-state index in [2.05, 4.69) is 4.74 Å². The Hall–Kier alpha value is -1.74. The molecule has 0 saturated heterocycles. The molecule has 0 fully saturated rings.